The highest BCUT2D eigenvalue weighted by Gasteiger charge is 2.53. The molecule has 3 rings (SSSR count). The van der Waals surface area contributed by atoms with Crippen LogP contribution in [0.15, 0.2) is 15.1 Å². The van der Waals surface area contributed by atoms with E-state index in [0.29, 0.717) is 5.23 Å². The van der Waals surface area contributed by atoms with Crippen LogP contribution in [0.1, 0.15) is 0 Å². The minimum absolute atomic E-state index is 0.136. The SMILES string of the molecule is C=N/C(N)=N/C1=NOP2(=O)ON1O2. The van der Waals surface area contributed by atoms with Crippen molar-refractivity contribution in [3.8, 4) is 0 Å². The fourth-order valence-corrected chi connectivity index (χ4v) is 1.36. The number of nitrogens with two attached hydrogens (primary N) is 1. The van der Waals surface area contributed by atoms with E-state index >= 15 is 0 Å². The van der Waals surface area contributed by atoms with Crippen LogP contribution in [0.25, 0.3) is 0 Å². The van der Waals surface area contributed by atoms with Crippen molar-refractivity contribution < 1.29 is 18.4 Å². The van der Waals surface area contributed by atoms with Crippen molar-refractivity contribution in [3.05, 3.63) is 0 Å². The number of hydrogen-bond acceptors (Lipinski definition) is 7. The molecule has 1 fully saturated rings. The van der Waals surface area contributed by atoms with Crippen LogP contribution in [0.5, 0.6) is 0 Å². The van der Waals surface area contributed by atoms with E-state index in [4.69, 9.17) is 5.73 Å². The summed E-state index contributed by atoms with van der Waals surface area (Å²) >= 11 is 0. The Balaban J connectivity index is 2.19. The van der Waals surface area contributed by atoms with Crippen molar-refractivity contribution >= 4 is 26.5 Å². The zero-order chi connectivity index (χ0) is 9.47. The molecule has 9 nitrogen and oxygen atoms in total. The van der Waals surface area contributed by atoms with E-state index in [2.05, 4.69) is 35.7 Å². The van der Waals surface area contributed by atoms with Gasteiger partial charge in [-0.2, -0.15) is 4.99 Å². The molecule has 0 spiro atoms. The summed E-state index contributed by atoms with van der Waals surface area (Å²) in [4.78, 5) is 6.84. The van der Waals surface area contributed by atoms with Gasteiger partial charge in [0.1, 0.15) is 0 Å². The van der Waals surface area contributed by atoms with Crippen LogP contribution in [0, 0.1) is 0 Å². The summed E-state index contributed by atoms with van der Waals surface area (Å²) in [5.41, 5.74) is 5.19. The Morgan fingerprint density at radius 3 is 2.85 bits per heavy atom. The highest BCUT2D eigenvalue weighted by Crippen LogP contribution is 2.62. The second-order valence-corrected chi connectivity index (χ2v) is 3.35. The third-order valence-electron chi connectivity index (χ3n) is 1.11. The number of phosphoric acid groups is 1. The van der Waals surface area contributed by atoms with Gasteiger partial charge in [0.15, 0.2) is 0 Å². The molecule has 0 saturated carbocycles. The summed E-state index contributed by atoms with van der Waals surface area (Å²) in [5, 5.41) is 4.00. The summed E-state index contributed by atoms with van der Waals surface area (Å²) in [5.74, 6) is -0.277. The second kappa shape index (κ2) is 2.52. The molecule has 2 bridgehead atoms. The van der Waals surface area contributed by atoms with E-state index in [-0.39, 0.29) is 11.9 Å². The molecule has 0 unspecified atom stereocenters. The van der Waals surface area contributed by atoms with Crippen molar-refractivity contribution in [1.29, 1.82) is 0 Å². The summed E-state index contributed by atoms with van der Waals surface area (Å²) in [6.07, 6.45) is 0. The van der Waals surface area contributed by atoms with Gasteiger partial charge >= 0.3 is 13.8 Å². The summed E-state index contributed by atoms with van der Waals surface area (Å²) in [7, 11) is -3.45. The molecule has 10 heteroatoms. The maximum Gasteiger partial charge on any atom is 0.599 e. The number of hydrogen-bond donors (Lipinski definition) is 1. The summed E-state index contributed by atoms with van der Waals surface area (Å²) in [6.45, 7) is 3.12. The predicted molar refractivity (Wildman–Crippen MR) is 41.3 cm³/mol. The zero-order valence-electron chi connectivity index (χ0n) is 6.15. The Kier molecular flexibility index (Phi) is 1.59. The first-order valence-electron chi connectivity index (χ1n) is 3.00. The Bertz CT molecular complexity index is 353. The van der Waals surface area contributed by atoms with Gasteiger partial charge in [0.2, 0.25) is 5.96 Å². The lowest BCUT2D eigenvalue weighted by molar-refractivity contribution is -0.312. The van der Waals surface area contributed by atoms with Crippen LogP contribution >= 0.6 is 7.82 Å². The smallest absolute Gasteiger partial charge is 0.368 e. The third kappa shape index (κ3) is 1.28. The summed E-state index contributed by atoms with van der Waals surface area (Å²) in [6, 6.07) is 0. The largest absolute Gasteiger partial charge is 0.599 e. The number of rotatable bonds is 0. The Morgan fingerprint density at radius 1 is 1.69 bits per heavy atom. The minimum atomic E-state index is -3.45. The topological polar surface area (TPSA) is 111 Å². The maximum absolute atomic E-state index is 10.9. The number of fused-ring (bicyclic) bond motifs is 1. The molecule has 3 aliphatic rings. The number of nitrogens with zero attached hydrogens (tertiary/aromatic N) is 4. The third-order valence-corrected chi connectivity index (χ3v) is 2.09. The maximum atomic E-state index is 10.9. The molecule has 70 valence electrons. The zero-order valence-corrected chi connectivity index (χ0v) is 7.05. The lowest BCUT2D eigenvalue weighted by atomic mass is 10.9. The van der Waals surface area contributed by atoms with E-state index in [0.717, 1.165) is 0 Å². The lowest BCUT2D eigenvalue weighted by Crippen LogP contribution is -2.41. The number of oxime groups is 1. The normalized spacial score (nSPS) is 24.2. The van der Waals surface area contributed by atoms with Gasteiger partial charge in [0.05, 0.1) is 0 Å². The van der Waals surface area contributed by atoms with Crippen molar-refractivity contribution in [3.63, 3.8) is 0 Å². The van der Waals surface area contributed by atoms with Crippen molar-refractivity contribution in [1.82, 2.24) is 5.23 Å². The van der Waals surface area contributed by atoms with Gasteiger partial charge in [-0.1, -0.05) is 5.23 Å². The molecule has 1 saturated heterocycles. The molecule has 0 aromatic heterocycles. The van der Waals surface area contributed by atoms with Crippen LogP contribution in [0.2, 0.25) is 0 Å². The van der Waals surface area contributed by atoms with Crippen LogP contribution in [-0.2, 0) is 18.4 Å². The van der Waals surface area contributed by atoms with E-state index in [9.17, 15) is 4.57 Å². The van der Waals surface area contributed by atoms with Crippen molar-refractivity contribution in [2.24, 2.45) is 20.9 Å². The molecule has 3 heterocycles. The molecular formula is C3H4N5O4P. The van der Waals surface area contributed by atoms with Gasteiger partial charge in [0.25, 0.3) is 0 Å². The average molecular weight is 205 g/mol. The van der Waals surface area contributed by atoms with Crippen LogP contribution in [0.4, 0.5) is 0 Å². The Hall–Kier alpha value is -1.44. The Morgan fingerprint density at radius 2 is 2.38 bits per heavy atom. The van der Waals surface area contributed by atoms with Gasteiger partial charge in [-0.15, -0.1) is 9.25 Å². The van der Waals surface area contributed by atoms with Gasteiger partial charge < -0.3 is 5.73 Å². The second-order valence-electron chi connectivity index (χ2n) is 1.97. The molecule has 0 aliphatic carbocycles. The lowest BCUT2D eigenvalue weighted by Gasteiger charge is -2.35. The van der Waals surface area contributed by atoms with Gasteiger partial charge in [-0.05, 0) is 11.9 Å². The average Bonchev–Trinajstić information content (AvgIpc) is 2.06. The van der Waals surface area contributed by atoms with Gasteiger partial charge in [-0.3, -0.25) is 4.62 Å². The number of guanidine groups is 2. The first kappa shape index (κ1) is 8.17. The molecule has 0 aromatic carbocycles. The van der Waals surface area contributed by atoms with Crippen LogP contribution in [-0.4, -0.2) is 23.9 Å². The molecular weight excluding hydrogens is 201 g/mol. The quantitative estimate of drug-likeness (QED) is 0.327. The molecule has 13 heavy (non-hydrogen) atoms. The molecule has 0 atom stereocenters. The van der Waals surface area contributed by atoms with Crippen LogP contribution in [0.3, 0.4) is 0 Å². The van der Waals surface area contributed by atoms with Crippen molar-refractivity contribution in [2.75, 3.05) is 0 Å². The molecule has 3 aliphatic heterocycles. The Labute approximate surface area is 72.0 Å². The van der Waals surface area contributed by atoms with Gasteiger partial charge in [0, 0.05) is 0 Å². The monoisotopic (exact) mass is 205 g/mol. The highest BCUT2D eigenvalue weighted by atomic mass is 31.2. The van der Waals surface area contributed by atoms with Crippen LogP contribution < -0.4 is 5.73 Å². The first-order chi connectivity index (χ1) is 6.13. The molecule has 0 amide bonds. The van der Waals surface area contributed by atoms with E-state index < -0.39 is 7.82 Å². The van der Waals surface area contributed by atoms with E-state index in [1.54, 1.807) is 0 Å². The summed E-state index contributed by atoms with van der Waals surface area (Å²) < 4.78 is 24.2. The fraction of sp³-hybridized carbons (Fsp3) is 0. The number of aliphatic imine (C=N–C) groups is 2. The van der Waals surface area contributed by atoms with Gasteiger partial charge in [-0.25, -0.2) is 9.56 Å². The molecule has 0 radical (unpaired) electrons. The molecule has 2 N–H and O–H groups in total. The van der Waals surface area contributed by atoms with E-state index in [1.807, 2.05) is 0 Å². The first-order valence-corrected chi connectivity index (χ1v) is 4.46. The highest BCUT2D eigenvalue weighted by molar-refractivity contribution is 7.49. The standard InChI is InChI=1S/C3H4N5O4P/c1-5-2(4)6-3-7-10-13(9)11-8(3)12-13/h1H2,(H2,4,6,7). The number of hydroxylamine groups is 2. The fourth-order valence-electron chi connectivity index (χ4n) is 0.610. The minimum Gasteiger partial charge on any atom is -0.368 e. The predicted octanol–water partition coefficient (Wildman–Crippen LogP) is -0.410. The molecule has 0 aromatic rings. The van der Waals surface area contributed by atoms with E-state index in [1.165, 1.54) is 0 Å². The van der Waals surface area contributed by atoms with Crippen molar-refractivity contribution in [2.45, 2.75) is 0 Å².